The van der Waals surface area contributed by atoms with Crippen LogP contribution in [0.5, 0.6) is 5.75 Å². The van der Waals surface area contributed by atoms with Crippen molar-refractivity contribution < 1.29 is 17.9 Å². The van der Waals surface area contributed by atoms with E-state index in [1.165, 1.54) is 0 Å². The average molecular weight is 293 g/mol. The fraction of sp³-hybridized carbons (Fsp3) is 0.500. The van der Waals surface area contributed by atoms with Crippen molar-refractivity contribution in [1.29, 1.82) is 0 Å². The van der Waals surface area contributed by atoms with Crippen molar-refractivity contribution in [1.82, 2.24) is 0 Å². The number of rotatable bonds is 4. The second-order valence-electron chi connectivity index (χ2n) is 5.43. The van der Waals surface area contributed by atoms with Crippen LogP contribution in [0.4, 0.5) is 0 Å². The summed E-state index contributed by atoms with van der Waals surface area (Å²) in [5, 5.41) is 0. The standard InChI is InChI=1S/C14H15NO4S/c16-10-15-14(6-1-7-14)11-2-4-12(5-3-11)19-13-8-20(17,18)9-13/h2-5,13H,1,6-9H2. The van der Waals surface area contributed by atoms with E-state index >= 15 is 0 Å². The van der Waals surface area contributed by atoms with Crippen LogP contribution in [0.1, 0.15) is 24.8 Å². The number of aliphatic imine (C=N–C) groups is 1. The van der Waals surface area contributed by atoms with E-state index in [1.54, 1.807) is 18.2 Å². The predicted octanol–water partition coefficient (Wildman–Crippen LogP) is 1.58. The van der Waals surface area contributed by atoms with Gasteiger partial charge in [0.05, 0.1) is 17.0 Å². The van der Waals surface area contributed by atoms with Gasteiger partial charge in [0.1, 0.15) is 11.9 Å². The number of hydrogen-bond donors (Lipinski definition) is 0. The summed E-state index contributed by atoms with van der Waals surface area (Å²) in [5.41, 5.74) is 0.584. The maximum atomic E-state index is 11.1. The van der Waals surface area contributed by atoms with E-state index in [2.05, 4.69) is 4.99 Å². The van der Waals surface area contributed by atoms with Gasteiger partial charge in [0.15, 0.2) is 9.84 Å². The first-order valence-corrected chi connectivity index (χ1v) is 8.42. The van der Waals surface area contributed by atoms with Gasteiger partial charge in [-0.1, -0.05) is 12.1 Å². The highest BCUT2D eigenvalue weighted by atomic mass is 32.2. The first-order valence-electron chi connectivity index (χ1n) is 6.60. The maximum absolute atomic E-state index is 11.1. The molecule has 20 heavy (non-hydrogen) atoms. The minimum Gasteiger partial charge on any atom is -0.488 e. The van der Waals surface area contributed by atoms with Gasteiger partial charge < -0.3 is 4.74 Å². The summed E-state index contributed by atoms with van der Waals surface area (Å²) in [6.07, 6.45) is 4.21. The van der Waals surface area contributed by atoms with Gasteiger partial charge in [-0.3, -0.25) is 0 Å². The van der Waals surface area contributed by atoms with E-state index in [1.807, 2.05) is 12.1 Å². The molecule has 0 radical (unpaired) electrons. The third kappa shape index (κ3) is 2.37. The van der Waals surface area contributed by atoms with Crippen LogP contribution in [0.2, 0.25) is 0 Å². The number of isocyanates is 1. The highest BCUT2D eigenvalue weighted by Gasteiger charge is 2.39. The lowest BCUT2D eigenvalue weighted by atomic mass is 9.72. The Labute approximate surface area is 117 Å². The van der Waals surface area contributed by atoms with Crippen LogP contribution in [0.15, 0.2) is 29.3 Å². The number of ether oxygens (including phenoxy) is 1. The summed E-state index contributed by atoms with van der Waals surface area (Å²) in [4.78, 5) is 14.5. The minimum absolute atomic E-state index is 0.0914. The molecular weight excluding hydrogens is 278 g/mol. The summed E-state index contributed by atoms with van der Waals surface area (Å²) >= 11 is 0. The van der Waals surface area contributed by atoms with E-state index < -0.39 is 15.4 Å². The normalized spacial score (nSPS) is 23.0. The Morgan fingerprint density at radius 1 is 1.20 bits per heavy atom. The molecule has 0 N–H and O–H groups in total. The molecule has 1 heterocycles. The highest BCUT2D eigenvalue weighted by molar-refractivity contribution is 7.92. The van der Waals surface area contributed by atoms with Gasteiger partial charge >= 0.3 is 0 Å². The molecule has 3 rings (SSSR count). The zero-order valence-corrected chi connectivity index (χ0v) is 11.7. The van der Waals surface area contributed by atoms with Crippen molar-refractivity contribution in [2.75, 3.05) is 11.5 Å². The molecule has 0 spiro atoms. The van der Waals surface area contributed by atoms with Gasteiger partial charge in [-0.15, -0.1) is 0 Å². The first kappa shape index (κ1) is 13.3. The molecule has 1 aromatic rings. The largest absolute Gasteiger partial charge is 0.488 e. The molecular formula is C14H15NO4S. The lowest BCUT2D eigenvalue weighted by Gasteiger charge is -2.37. The van der Waals surface area contributed by atoms with Gasteiger partial charge in [0.2, 0.25) is 6.08 Å². The van der Waals surface area contributed by atoms with Crippen molar-refractivity contribution in [2.24, 2.45) is 4.99 Å². The smallest absolute Gasteiger partial charge is 0.235 e. The van der Waals surface area contributed by atoms with Crippen molar-refractivity contribution in [3.8, 4) is 5.75 Å². The van der Waals surface area contributed by atoms with Crippen molar-refractivity contribution in [2.45, 2.75) is 30.9 Å². The van der Waals surface area contributed by atoms with Crippen LogP contribution in [0, 0.1) is 0 Å². The summed E-state index contributed by atoms with van der Waals surface area (Å²) in [6, 6.07) is 7.40. The van der Waals surface area contributed by atoms with Gasteiger partial charge in [-0.25, -0.2) is 13.2 Å². The Balaban J connectivity index is 1.70. The lowest BCUT2D eigenvalue weighted by molar-refractivity contribution is 0.229. The molecule has 1 aromatic carbocycles. The van der Waals surface area contributed by atoms with E-state index in [0.717, 1.165) is 24.8 Å². The monoisotopic (exact) mass is 293 g/mol. The lowest BCUT2D eigenvalue weighted by Crippen LogP contribution is -2.45. The Morgan fingerprint density at radius 3 is 2.30 bits per heavy atom. The van der Waals surface area contributed by atoms with Crippen LogP contribution in [0.25, 0.3) is 0 Å². The molecule has 2 fully saturated rings. The number of benzene rings is 1. The second-order valence-corrected chi connectivity index (χ2v) is 7.58. The van der Waals surface area contributed by atoms with E-state index in [-0.39, 0.29) is 17.6 Å². The third-order valence-electron chi connectivity index (χ3n) is 4.01. The third-order valence-corrected chi connectivity index (χ3v) is 5.77. The Kier molecular flexibility index (Phi) is 3.15. The summed E-state index contributed by atoms with van der Waals surface area (Å²) in [6.45, 7) is 0. The average Bonchev–Trinajstić information content (AvgIpc) is 2.33. The van der Waals surface area contributed by atoms with Gasteiger partial charge in [0, 0.05) is 0 Å². The Hall–Kier alpha value is -1.65. The van der Waals surface area contributed by atoms with E-state index in [9.17, 15) is 13.2 Å². The molecule has 106 valence electrons. The molecule has 1 aliphatic carbocycles. The molecule has 0 amide bonds. The zero-order chi connectivity index (χ0) is 14.2. The van der Waals surface area contributed by atoms with Crippen molar-refractivity contribution in [3.63, 3.8) is 0 Å². The fourth-order valence-electron chi connectivity index (χ4n) is 2.69. The summed E-state index contributed by atoms with van der Waals surface area (Å²) in [7, 11) is -2.87. The fourth-order valence-corrected chi connectivity index (χ4v) is 3.86. The highest BCUT2D eigenvalue weighted by Crippen LogP contribution is 2.45. The van der Waals surface area contributed by atoms with Crippen molar-refractivity contribution >= 4 is 15.9 Å². The second kappa shape index (κ2) is 4.72. The molecule has 0 unspecified atom stereocenters. The quantitative estimate of drug-likeness (QED) is 0.624. The number of sulfone groups is 1. The predicted molar refractivity (Wildman–Crippen MR) is 73.2 cm³/mol. The Morgan fingerprint density at radius 2 is 1.85 bits per heavy atom. The van der Waals surface area contributed by atoms with Crippen LogP contribution in [0.3, 0.4) is 0 Å². The van der Waals surface area contributed by atoms with Crippen LogP contribution in [-0.2, 0) is 20.2 Å². The molecule has 1 saturated carbocycles. The Bertz CT molecular complexity index is 643. The molecule has 2 aliphatic rings. The first-order chi connectivity index (χ1) is 9.53. The minimum atomic E-state index is -2.87. The number of hydrogen-bond acceptors (Lipinski definition) is 5. The number of nitrogens with zero attached hydrogens (tertiary/aromatic N) is 1. The molecule has 0 bridgehead atoms. The van der Waals surface area contributed by atoms with E-state index in [4.69, 9.17) is 4.74 Å². The molecule has 0 atom stereocenters. The summed E-state index contributed by atoms with van der Waals surface area (Å²) < 4.78 is 27.7. The van der Waals surface area contributed by atoms with E-state index in [0.29, 0.717) is 5.75 Å². The summed E-state index contributed by atoms with van der Waals surface area (Å²) in [5.74, 6) is 0.834. The molecule has 5 nitrogen and oxygen atoms in total. The molecule has 6 heteroatoms. The zero-order valence-electron chi connectivity index (χ0n) is 10.9. The maximum Gasteiger partial charge on any atom is 0.235 e. The van der Waals surface area contributed by atoms with Crippen molar-refractivity contribution in [3.05, 3.63) is 29.8 Å². The van der Waals surface area contributed by atoms with Gasteiger partial charge in [-0.05, 0) is 37.0 Å². The van der Waals surface area contributed by atoms with Gasteiger partial charge in [-0.2, -0.15) is 4.99 Å². The SMILES string of the molecule is O=C=NC1(c2ccc(OC3CS(=O)(=O)C3)cc2)CCC1. The number of carbonyl (C=O) groups excluding carboxylic acids is 1. The molecule has 1 aliphatic heterocycles. The molecule has 0 aromatic heterocycles. The van der Waals surface area contributed by atoms with Crippen LogP contribution in [-0.4, -0.2) is 32.1 Å². The van der Waals surface area contributed by atoms with Crippen LogP contribution >= 0.6 is 0 Å². The van der Waals surface area contributed by atoms with Crippen LogP contribution < -0.4 is 4.74 Å². The van der Waals surface area contributed by atoms with Gasteiger partial charge in [0.25, 0.3) is 0 Å². The topological polar surface area (TPSA) is 72.8 Å². The molecule has 1 saturated heterocycles.